The predicted octanol–water partition coefficient (Wildman–Crippen LogP) is 4.56. The lowest BCUT2D eigenvalue weighted by Crippen LogP contribution is -2.14. The van der Waals surface area contributed by atoms with Gasteiger partial charge < -0.3 is 4.52 Å². The second kappa shape index (κ2) is 3.81. The summed E-state index contributed by atoms with van der Waals surface area (Å²) in [4.78, 5) is 0. The van der Waals surface area contributed by atoms with E-state index in [1.165, 1.54) is 0 Å². The van der Waals surface area contributed by atoms with Gasteiger partial charge in [0.25, 0.3) is 0 Å². The van der Waals surface area contributed by atoms with Crippen LogP contribution in [0.2, 0.25) is 0 Å². The van der Waals surface area contributed by atoms with Crippen molar-refractivity contribution in [1.82, 2.24) is 5.16 Å². The molecule has 0 saturated carbocycles. The molecule has 0 atom stereocenters. The number of hydrogen-bond acceptors (Lipinski definition) is 2. The van der Waals surface area contributed by atoms with E-state index in [1.54, 1.807) is 12.1 Å². The average molecular weight is 249 g/mol. The Balaban J connectivity index is 2.71. The van der Waals surface area contributed by atoms with Gasteiger partial charge in [-0.05, 0) is 23.1 Å². The number of rotatable bonds is 0. The molecule has 0 aliphatic heterocycles. The molecule has 1 heterocycles. The van der Waals surface area contributed by atoms with Crippen molar-refractivity contribution in [3.05, 3.63) is 29.2 Å². The van der Waals surface area contributed by atoms with Crippen LogP contribution in [0.1, 0.15) is 52.8 Å². The first-order chi connectivity index (χ1) is 8.10. The van der Waals surface area contributed by atoms with Crippen LogP contribution in [0.5, 0.6) is 0 Å². The molecule has 0 radical (unpaired) electrons. The van der Waals surface area contributed by atoms with Crippen LogP contribution in [0, 0.1) is 5.82 Å². The van der Waals surface area contributed by atoms with Crippen molar-refractivity contribution in [3.8, 4) is 0 Å². The summed E-state index contributed by atoms with van der Waals surface area (Å²) in [5.74, 6) is -0.191. The molecule has 1 aromatic carbocycles. The summed E-state index contributed by atoms with van der Waals surface area (Å²) in [7, 11) is 0. The first-order valence-corrected chi connectivity index (χ1v) is 6.20. The summed E-state index contributed by atoms with van der Waals surface area (Å²) in [6.45, 7) is 12.1. The normalized spacial score (nSPS) is 13.3. The van der Waals surface area contributed by atoms with E-state index in [-0.39, 0.29) is 16.6 Å². The van der Waals surface area contributed by atoms with Crippen molar-refractivity contribution in [3.63, 3.8) is 0 Å². The minimum absolute atomic E-state index is 0.152. The molecule has 2 nitrogen and oxygen atoms in total. The molecule has 98 valence electrons. The van der Waals surface area contributed by atoms with Crippen LogP contribution in [0.25, 0.3) is 11.0 Å². The van der Waals surface area contributed by atoms with Gasteiger partial charge in [0.2, 0.25) is 0 Å². The molecular weight excluding hydrogens is 229 g/mol. The van der Waals surface area contributed by atoms with E-state index in [4.69, 9.17) is 4.52 Å². The van der Waals surface area contributed by atoms with Crippen molar-refractivity contribution in [2.45, 2.75) is 52.4 Å². The van der Waals surface area contributed by atoms with Crippen molar-refractivity contribution in [2.24, 2.45) is 0 Å². The van der Waals surface area contributed by atoms with Crippen LogP contribution in [-0.2, 0) is 10.8 Å². The lowest BCUT2D eigenvalue weighted by atomic mass is 9.84. The largest absolute Gasteiger partial charge is 0.356 e. The highest BCUT2D eigenvalue weighted by molar-refractivity contribution is 5.81. The topological polar surface area (TPSA) is 26.0 Å². The molecule has 0 N–H and O–H groups in total. The number of aromatic nitrogens is 1. The van der Waals surface area contributed by atoms with E-state index in [0.717, 1.165) is 11.1 Å². The van der Waals surface area contributed by atoms with Gasteiger partial charge in [0.1, 0.15) is 5.82 Å². The minimum atomic E-state index is -0.243. The summed E-state index contributed by atoms with van der Waals surface area (Å²) in [6, 6.07) is 3.32. The van der Waals surface area contributed by atoms with E-state index in [9.17, 15) is 4.39 Å². The molecule has 0 aliphatic rings. The van der Waals surface area contributed by atoms with Gasteiger partial charge in [-0.1, -0.05) is 46.7 Å². The van der Waals surface area contributed by atoms with Gasteiger partial charge in [0, 0.05) is 10.8 Å². The Morgan fingerprint density at radius 1 is 1.00 bits per heavy atom. The molecule has 18 heavy (non-hydrogen) atoms. The highest BCUT2D eigenvalue weighted by Crippen LogP contribution is 2.34. The van der Waals surface area contributed by atoms with Crippen molar-refractivity contribution in [1.29, 1.82) is 0 Å². The van der Waals surface area contributed by atoms with Crippen LogP contribution in [0.3, 0.4) is 0 Å². The third-order valence-electron chi connectivity index (χ3n) is 3.08. The van der Waals surface area contributed by atoms with Crippen LogP contribution in [-0.4, -0.2) is 5.16 Å². The van der Waals surface area contributed by atoms with Crippen molar-refractivity contribution in [2.75, 3.05) is 0 Å². The smallest absolute Gasteiger partial charge is 0.167 e. The maximum absolute atomic E-state index is 14.2. The van der Waals surface area contributed by atoms with Gasteiger partial charge >= 0.3 is 0 Å². The summed E-state index contributed by atoms with van der Waals surface area (Å²) in [5, 5.41) is 4.86. The SMILES string of the molecule is CC(C)(C)c1cc2onc(C(C)(C)C)c2cc1F. The van der Waals surface area contributed by atoms with Crippen molar-refractivity contribution < 1.29 is 8.91 Å². The molecule has 0 bridgehead atoms. The number of nitrogens with zero attached hydrogens (tertiary/aromatic N) is 1. The fourth-order valence-corrected chi connectivity index (χ4v) is 2.07. The summed E-state index contributed by atoms with van der Waals surface area (Å²) < 4.78 is 19.5. The minimum Gasteiger partial charge on any atom is -0.356 e. The van der Waals surface area contributed by atoms with E-state index in [0.29, 0.717) is 11.1 Å². The molecule has 0 saturated heterocycles. The molecule has 0 spiro atoms. The Labute approximate surface area is 107 Å². The van der Waals surface area contributed by atoms with Gasteiger partial charge in [0.15, 0.2) is 5.58 Å². The maximum Gasteiger partial charge on any atom is 0.167 e. The van der Waals surface area contributed by atoms with E-state index < -0.39 is 0 Å². The quantitative estimate of drug-likeness (QED) is 0.684. The second-order valence-electron chi connectivity index (χ2n) is 6.86. The summed E-state index contributed by atoms with van der Waals surface area (Å²) in [6.07, 6.45) is 0. The van der Waals surface area contributed by atoms with Crippen LogP contribution in [0.15, 0.2) is 16.7 Å². The van der Waals surface area contributed by atoms with Crippen LogP contribution < -0.4 is 0 Å². The first kappa shape index (κ1) is 13.1. The molecule has 2 rings (SSSR count). The number of fused-ring (bicyclic) bond motifs is 1. The lowest BCUT2D eigenvalue weighted by Gasteiger charge is -2.20. The summed E-state index contributed by atoms with van der Waals surface area (Å²) >= 11 is 0. The Kier molecular flexibility index (Phi) is 2.76. The highest BCUT2D eigenvalue weighted by Gasteiger charge is 2.25. The zero-order valence-electron chi connectivity index (χ0n) is 11.9. The fraction of sp³-hybridized carbons (Fsp3) is 0.533. The van der Waals surface area contributed by atoms with Gasteiger partial charge in [-0.15, -0.1) is 0 Å². The second-order valence-corrected chi connectivity index (χ2v) is 6.86. The predicted molar refractivity (Wildman–Crippen MR) is 71.4 cm³/mol. The number of hydrogen-bond donors (Lipinski definition) is 0. The van der Waals surface area contributed by atoms with Crippen molar-refractivity contribution >= 4 is 11.0 Å². The molecule has 0 aliphatic carbocycles. The van der Waals surface area contributed by atoms with E-state index >= 15 is 0 Å². The Morgan fingerprint density at radius 3 is 2.11 bits per heavy atom. The average Bonchev–Trinajstić information content (AvgIpc) is 2.56. The Hall–Kier alpha value is -1.38. The molecular formula is C15H20FNO. The number of benzene rings is 1. The standard InChI is InChI=1S/C15H20FNO/c1-14(2,3)10-8-12-9(7-11(10)16)13(17-18-12)15(4,5)6/h7-8H,1-6H3. The number of halogens is 1. The zero-order chi connectivity index (χ0) is 13.7. The van der Waals surface area contributed by atoms with E-state index in [2.05, 4.69) is 5.16 Å². The third kappa shape index (κ3) is 2.14. The molecule has 0 unspecified atom stereocenters. The maximum atomic E-state index is 14.2. The highest BCUT2D eigenvalue weighted by atomic mass is 19.1. The Bertz CT molecular complexity index is 585. The van der Waals surface area contributed by atoms with Crippen LogP contribution in [0.4, 0.5) is 4.39 Å². The van der Waals surface area contributed by atoms with Gasteiger partial charge in [-0.25, -0.2) is 4.39 Å². The monoisotopic (exact) mass is 249 g/mol. The van der Waals surface area contributed by atoms with Gasteiger partial charge in [-0.2, -0.15) is 0 Å². The third-order valence-corrected chi connectivity index (χ3v) is 3.08. The fourth-order valence-electron chi connectivity index (χ4n) is 2.07. The van der Waals surface area contributed by atoms with Crippen LogP contribution >= 0.6 is 0 Å². The molecule has 0 amide bonds. The summed E-state index contributed by atoms with van der Waals surface area (Å²) in [5.41, 5.74) is 1.73. The van der Waals surface area contributed by atoms with Gasteiger partial charge in [-0.3, -0.25) is 0 Å². The first-order valence-electron chi connectivity index (χ1n) is 6.20. The molecule has 1 aromatic heterocycles. The van der Waals surface area contributed by atoms with E-state index in [1.807, 2.05) is 41.5 Å². The molecule has 0 fully saturated rings. The molecule has 3 heteroatoms. The zero-order valence-corrected chi connectivity index (χ0v) is 11.9. The lowest BCUT2D eigenvalue weighted by molar-refractivity contribution is 0.419. The Morgan fingerprint density at radius 2 is 1.61 bits per heavy atom. The molecule has 2 aromatic rings. The van der Waals surface area contributed by atoms with Gasteiger partial charge in [0.05, 0.1) is 5.69 Å².